The fourth-order valence-electron chi connectivity index (χ4n) is 2.47. The molecule has 0 bridgehead atoms. The molecule has 1 aromatic heterocycles. The number of aromatic nitrogens is 2. The molecule has 0 atom stereocenters. The molecular formula is C17H11ClF5N3O2S. The molecule has 0 spiro atoms. The van der Waals surface area contributed by atoms with Gasteiger partial charge in [-0.25, -0.2) is 8.42 Å². The molecule has 0 saturated carbocycles. The average molecular weight is 452 g/mol. The van der Waals surface area contributed by atoms with Gasteiger partial charge in [0.25, 0.3) is 10.0 Å². The topological polar surface area (TPSA) is 74.8 Å². The third-order valence-electron chi connectivity index (χ3n) is 3.85. The number of rotatable bonds is 5. The van der Waals surface area contributed by atoms with Crippen LogP contribution in [0.15, 0.2) is 59.5 Å². The van der Waals surface area contributed by atoms with Crippen LogP contribution in [0.1, 0.15) is 5.69 Å². The molecule has 3 rings (SSSR count). The summed E-state index contributed by atoms with van der Waals surface area (Å²) in [6.07, 6.45) is -5.93. The van der Waals surface area contributed by atoms with Crippen LogP contribution in [0.5, 0.6) is 0 Å². The third-order valence-corrected chi connectivity index (χ3v) is 5.46. The maximum atomic E-state index is 14.1. The van der Waals surface area contributed by atoms with Crippen LogP contribution in [0, 0.1) is 0 Å². The first-order valence-electron chi connectivity index (χ1n) is 7.80. The molecule has 0 fully saturated rings. The van der Waals surface area contributed by atoms with Crippen LogP contribution in [0.25, 0.3) is 11.1 Å². The second-order valence-corrected chi connectivity index (χ2v) is 7.94. The normalized spacial score (nSPS) is 12.8. The lowest BCUT2D eigenvalue weighted by Crippen LogP contribution is -2.34. The van der Waals surface area contributed by atoms with Crippen molar-refractivity contribution in [3.8, 4) is 11.1 Å². The molecule has 0 unspecified atom stereocenters. The number of nitrogens with one attached hydrogen (secondary N) is 2. The van der Waals surface area contributed by atoms with Crippen molar-refractivity contribution >= 4 is 27.4 Å². The Labute approximate surface area is 166 Å². The van der Waals surface area contributed by atoms with Gasteiger partial charge in [0.2, 0.25) is 0 Å². The van der Waals surface area contributed by atoms with E-state index in [1.165, 1.54) is 48.5 Å². The summed E-state index contributed by atoms with van der Waals surface area (Å²) in [7, 11) is -4.30. The van der Waals surface area contributed by atoms with Crippen LogP contribution in [0.4, 0.5) is 27.8 Å². The van der Waals surface area contributed by atoms with Crippen LogP contribution in [0.3, 0.4) is 0 Å². The van der Waals surface area contributed by atoms with E-state index in [4.69, 9.17) is 11.6 Å². The Hall–Kier alpha value is -2.66. The van der Waals surface area contributed by atoms with E-state index in [9.17, 15) is 30.4 Å². The number of halogens is 6. The number of H-pyrrole nitrogens is 1. The summed E-state index contributed by atoms with van der Waals surface area (Å²) < 4.78 is 93.9. The van der Waals surface area contributed by atoms with Crippen molar-refractivity contribution < 1.29 is 30.4 Å². The van der Waals surface area contributed by atoms with Gasteiger partial charge in [-0.2, -0.15) is 27.1 Å². The Morgan fingerprint density at radius 3 is 2.07 bits per heavy atom. The molecule has 1 heterocycles. The standard InChI is InChI=1S/C17H11ClF5N3O2S/c18-11-8-6-10(7-9-11)13-14(16(19,20)17(21,22)23)24-25-15(13)26-29(27,28)12-4-2-1-3-5-12/h1-9H,(H2,24,25,26). The summed E-state index contributed by atoms with van der Waals surface area (Å²) >= 11 is 5.74. The molecule has 3 aromatic rings. The Morgan fingerprint density at radius 1 is 0.931 bits per heavy atom. The molecule has 2 aromatic carbocycles. The number of hydrogen-bond donors (Lipinski definition) is 2. The minimum absolute atomic E-state index is 0.146. The highest BCUT2D eigenvalue weighted by Gasteiger charge is 2.61. The first-order chi connectivity index (χ1) is 13.4. The molecule has 2 N–H and O–H groups in total. The summed E-state index contributed by atoms with van der Waals surface area (Å²) in [5.74, 6) is -6.03. The number of benzene rings is 2. The highest BCUT2D eigenvalue weighted by atomic mass is 35.5. The summed E-state index contributed by atoms with van der Waals surface area (Å²) in [4.78, 5) is -0.228. The fourth-order valence-corrected chi connectivity index (χ4v) is 3.63. The van der Waals surface area contributed by atoms with E-state index >= 15 is 0 Å². The van der Waals surface area contributed by atoms with Gasteiger partial charge in [0.1, 0.15) is 5.69 Å². The Kier molecular flexibility index (Phi) is 5.30. The number of sulfonamides is 1. The maximum absolute atomic E-state index is 14.1. The van der Waals surface area contributed by atoms with E-state index in [0.29, 0.717) is 0 Å². The molecule has 12 heteroatoms. The fraction of sp³-hybridized carbons (Fsp3) is 0.118. The van der Waals surface area contributed by atoms with Crippen LogP contribution in [0.2, 0.25) is 5.02 Å². The van der Waals surface area contributed by atoms with Gasteiger partial charge in [0.05, 0.1) is 10.5 Å². The quantitative estimate of drug-likeness (QED) is 0.524. The lowest BCUT2D eigenvalue weighted by Gasteiger charge is -2.20. The number of anilines is 1. The van der Waals surface area contributed by atoms with Crippen LogP contribution in [-0.2, 0) is 15.9 Å². The van der Waals surface area contributed by atoms with Gasteiger partial charge >= 0.3 is 12.1 Å². The highest BCUT2D eigenvalue weighted by molar-refractivity contribution is 7.92. The predicted octanol–water partition coefficient (Wildman–Crippen LogP) is 5.19. The van der Waals surface area contributed by atoms with Crippen molar-refractivity contribution in [2.45, 2.75) is 17.0 Å². The minimum Gasteiger partial charge on any atom is -0.273 e. The zero-order valence-electron chi connectivity index (χ0n) is 14.1. The minimum atomic E-state index is -5.93. The Morgan fingerprint density at radius 2 is 1.52 bits per heavy atom. The van der Waals surface area contributed by atoms with Crippen molar-refractivity contribution in [2.24, 2.45) is 0 Å². The number of aromatic amines is 1. The zero-order valence-corrected chi connectivity index (χ0v) is 15.7. The number of nitrogens with zero attached hydrogens (tertiary/aromatic N) is 1. The lowest BCUT2D eigenvalue weighted by molar-refractivity contribution is -0.290. The molecule has 0 amide bonds. The maximum Gasteiger partial charge on any atom is 0.459 e. The van der Waals surface area contributed by atoms with Crippen LogP contribution < -0.4 is 4.72 Å². The van der Waals surface area contributed by atoms with Crippen molar-refractivity contribution in [3.63, 3.8) is 0 Å². The molecule has 5 nitrogen and oxygen atoms in total. The molecule has 0 aliphatic rings. The summed E-state index contributed by atoms with van der Waals surface area (Å²) in [5, 5.41) is 5.21. The number of alkyl halides is 5. The first kappa shape index (κ1) is 21.1. The second-order valence-electron chi connectivity index (χ2n) is 5.82. The van der Waals surface area contributed by atoms with E-state index in [1.54, 1.807) is 11.2 Å². The third kappa shape index (κ3) is 4.06. The van der Waals surface area contributed by atoms with Crippen LogP contribution >= 0.6 is 11.6 Å². The van der Waals surface area contributed by atoms with Crippen molar-refractivity contribution in [1.82, 2.24) is 10.2 Å². The van der Waals surface area contributed by atoms with E-state index in [1.807, 2.05) is 4.72 Å². The molecule has 0 aliphatic carbocycles. The molecule has 0 aliphatic heterocycles. The number of hydrogen-bond acceptors (Lipinski definition) is 3. The monoisotopic (exact) mass is 451 g/mol. The van der Waals surface area contributed by atoms with Crippen molar-refractivity contribution in [2.75, 3.05) is 4.72 Å². The summed E-state index contributed by atoms with van der Waals surface area (Å²) in [6, 6.07) is 11.7. The molecular weight excluding hydrogens is 441 g/mol. The van der Waals surface area contributed by atoms with Gasteiger partial charge in [0.15, 0.2) is 5.82 Å². The van der Waals surface area contributed by atoms with E-state index in [0.717, 1.165) is 0 Å². The Bertz CT molecular complexity index is 1110. The first-order valence-corrected chi connectivity index (χ1v) is 9.67. The van der Waals surface area contributed by atoms with Crippen molar-refractivity contribution in [3.05, 3.63) is 65.3 Å². The largest absolute Gasteiger partial charge is 0.459 e. The lowest BCUT2D eigenvalue weighted by atomic mass is 10.0. The van der Waals surface area contributed by atoms with Gasteiger partial charge in [-0.3, -0.25) is 9.82 Å². The molecule has 29 heavy (non-hydrogen) atoms. The van der Waals surface area contributed by atoms with E-state index < -0.39 is 39.2 Å². The second kappa shape index (κ2) is 7.30. The SMILES string of the molecule is O=S(=O)(Nc1n[nH]c(C(F)(F)C(F)(F)F)c1-c1ccc(Cl)cc1)c1ccccc1. The van der Waals surface area contributed by atoms with Gasteiger partial charge < -0.3 is 0 Å². The van der Waals surface area contributed by atoms with E-state index in [2.05, 4.69) is 5.10 Å². The molecule has 0 saturated heterocycles. The van der Waals surface area contributed by atoms with Crippen molar-refractivity contribution in [1.29, 1.82) is 0 Å². The zero-order chi connectivity index (χ0) is 21.4. The van der Waals surface area contributed by atoms with Gasteiger partial charge in [-0.15, -0.1) is 0 Å². The average Bonchev–Trinajstić information content (AvgIpc) is 3.06. The summed E-state index contributed by atoms with van der Waals surface area (Å²) in [5.41, 5.74) is -2.49. The Balaban J connectivity index is 2.17. The van der Waals surface area contributed by atoms with Gasteiger partial charge in [-0.05, 0) is 29.8 Å². The van der Waals surface area contributed by atoms with Gasteiger partial charge in [0, 0.05) is 5.02 Å². The van der Waals surface area contributed by atoms with E-state index in [-0.39, 0.29) is 15.5 Å². The molecule has 0 radical (unpaired) electrons. The predicted molar refractivity (Wildman–Crippen MR) is 96.2 cm³/mol. The summed E-state index contributed by atoms with van der Waals surface area (Å²) in [6.45, 7) is 0. The highest BCUT2D eigenvalue weighted by Crippen LogP contribution is 2.48. The smallest absolute Gasteiger partial charge is 0.273 e. The van der Waals surface area contributed by atoms with Gasteiger partial charge in [-0.1, -0.05) is 41.9 Å². The van der Waals surface area contributed by atoms with Crippen LogP contribution in [-0.4, -0.2) is 24.8 Å². The molecule has 154 valence electrons.